The zero-order valence-corrected chi connectivity index (χ0v) is 9.11. The van der Waals surface area contributed by atoms with Crippen molar-refractivity contribution in [2.45, 2.75) is 11.8 Å². The second kappa shape index (κ2) is 4.21. The first-order valence-electron chi connectivity index (χ1n) is 4.99. The fraction of sp³-hybridized carbons (Fsp3) is 0.231. The molecule has 1 aliphatic carbocycles. The Hall–Kier alpha value is -1.05. The van der Waals surface area contributed by atoms with Gasteiger partial charge < -0.3 is 5.11 Å². The average Bonchev–Trinajstić information content (AvgIpc) is 2.30. The normalized spacial score (nSPS) is 24.4. The summed E-state index contributed by atoms with van der Waals surface area (Å²) in [5, 5.41) is 10.3. The fourth-order valence-corrected chi connectivity index (χ4v) is 2.26. The molecule has 78 valence electrons. The summed E-state index contributed by atoms with van der Waals surface area (Å²) in [5.41, 5.74) is 0.655. The molecule has 0 unspecified atom stereocenters. The quantitative estimate of drug-likeness (QED) is 0.812. The maximum Gasteiger partial charge on any atom is 0.0566 e. The fourth-order valence-electron chi connectivity index (χ4n) is 1.93. The lowest BCUT2D eigenvalue weighted by molar-refractivity contribution is 0.225. The molecule has 0 fully saturated rings. The third-order valence-corrected chi connectivity index (χ3v) is 3.17. The predicted octanol–water partition coefficient (Wildman–Crippen LogP) is 3.09. The minimum absolute atomic E-state index is 0.0809. The number of aliphatic hydroxyl groups excluding tert-OH is 1. The summed E-state index contributed by atoms with van der Waals surface area (Å²) in [5.74, 6) is 0. The Labute approximate surface area is 94.7 Å². The molecule has 0 radical (unpaired) electrons. The number of rotatable bonds is 2. The third kappa shape index (κ3) is 1.85. The van der Waals surface area contributed by atoms with E-state index >= 15 is 0 Å². The van der Waals surface area contributed by atoms with Gasteiger partial charge >= 0.3 is 0 Å². The second-order valence-corrected chi connectivity index (χ2v) is 4.19. The van der Waals surface area contributed by atoms with Crippen molar-refractivity contribution < 1.29 is 5.11 Å². The largest absolute Gasteiger partial charge is 0.395 e. The van der Waals surface area contributed by atoms with Gasteiger partial charge in [-0.1, -0.05) is 54.1 Å². The summed E-state index contributed by atoms with van der Waals surface area (Å²) >= 11 is 6.16. The Balaban J connectivity index is 2.47. The Kier molecular flexibility index (Phi) is 2.94. The number of halogens is 1. The van der Waals surface area contributed by atoms with E-state index in [1.165, 1.54) is 0 Å². The van der Waals surface area contributed by atoms with Gasteiger partial charge in [0.2, 0.25) is 0 Å². The Morgan fingerprint density at radius 3 is 2.67 bits per heavy atom. The molecule has 0 aromatic heterocycles. The van der Waals surface area contributed by atoms with Gasteiger partial charge in [-0.2, -0.15) is 0 Å². The van der Waals surface area contributed by atoms with Crippen molar-refractivity contribution in [3.8, 4) is 0 Å². The molecule has 1 N–H and O–H groups in total. The van der Waals surface area contributed by atoms with Crippen LogP contribution in [-0.4, -0.2) is 11.7 Å². The molecule has 0 heterocycles. The zero-order chi connectivity index (χ0) is 10.7. The maximum atomic E-state index is 9.58. The van der Waals surface area contributed by atoms with Crippen LogP contribution in [-0.2, 0) is 5.41 Å². The summed E-state index contributed by atoms with van der Waals surface area (Å²) in [7, 11) is 0. The summed E-state index contributed by atoms with van der Waals surface area (Å²) in [6.45, 7) is 0.0809. The molecule has 2 rings (SSSR count). The van der Waals surface area contributed by atoms with Gasteiger partial charge in [0.1, 0.15) is 0 Å². The molecule has 1 aromatic carbocycles. The topological polar surface area (TPSA) is 20.2 Å². The second-order valence-electron chi connectivity index (χ2n) is 3.79. The molecular weight excluding hydrogens is 208 g/mol. The lowest BCUT2D eigenvalue weighted by Gasteiger charge is -2.30. The lowest BCUT2D eigenvalue weighted by Crippen LogP contribution is -2.29. The summed E-state index contributed by atoms with van der Waals surface area (Å²) in [6, 6.07) is 7.69. The minimum Gasteiger partial charge on any atom is -0.395 e. The SMILES string of the molecule is OC[C@@]1(c2ccccc2Cl)C=CC=CC1. The Bertz CT molecular complexity index is 409. The molecule has 0 amide bonds. The van der Waals surface area contributed by atoms with Crippen molar-refractivity contribution in [2.24, 2.45) is 0 Å². The number of hydrogen-bond donors (Lipinski definition) is 1. The molecule has 15 heavy (non-hydrogen) atoms. The van der Waals surface area contributed by atoms with E-state index in [9.17, 15) is 5.11 Å². The first-order chi connectivity index (χ1) is 7.28. The highest BCUT2D eigenvalue weighted by Crippen LogP contribution is 2.36. The van der Waals surface area contributed by atoms with Crippen LogP contribution in [0.4, 0.5) is 0 Å². The number of allylic oxidation sites excluding steroid dienone is 3. The molecule has 0 saturated carbocycles. The monoisotopic (exact) mass is 220 g/mol. The zero-order valence-electron chi connectivity index (χ0n) is 8.36. The summed E-state index contributed by atoms with van der Waals surface area (Å²) in [4.78, 5) is 0. The van der Waals surface area contributed by atoms with Gasteiger partial charge in [0, 0.05) is 10.4 Å². The van der Waals surface area contributed by atoms with E-state index in [1.807, 2.05) is 42.5 Å². The van der Waals surface area contributed by atoms with Crippen LogP contribution in [0.1, 0.15) is 12.0 Å². The van der Waals surface area contributed by atoms with Crippen LogP contribution >= 0.6 is 11.6 Å². The van der Waals surface area contributed by atoms with Gasteiger partial charge in [0.15, 0.2) is 0 Å². The first kappa shape index (κ1) is 10.5. The van der Waals surface area contributed by atoms with Crippen molar-refractivity contribution in [1.29, 1.82) is 0 Å². The standard InChI is InChI=1S/C13H13ClO/c14-12-7-3-2-6-11(12)13(10-15)8-4-1-5-9-13/h1-8,15H,9-10H2/t13-/m1/s1. The molecule has 0 saturated heterocycles. The van der Waals surface area contributed by atoms with E-state index in [0.717, 1.165) is 12.0 Å². The first-order valence-corrected chi connectivity index (χ1v) is 5.36. The molecule has 1 atom stereocenters. The van der Waals surface area contributed by atoms with Gasteiger partial charge in [0.05, 0.1) is 6.61 Å². The van der Waals surface area contributed by atoms with Crippen molar-refractivity contribution in [3.05, 3.63) is 59.2 Å². The highest BCUT2D eigenvalue weighted by atomic mass is 35.5. The number of benzene rings is 1. The molecule has 0 bridgehead atoms. The van der Waals surface area contributed by atoms with Crippen LogP contribution in [0, 0.1) is 0 Å². The third-order valence-electron chi connectivity index (χ3n) is 2.84. The van der Waals surface area contributed by atoms with E-state index in [1.54, 1.807) is 0 Å². The molecular formula is C13H13ClO. The lowest BCUT2D eigenvalue weighted by atomic mass is 9.76. The Morgan fingerprint density at radius 2 is 2.07 bits per heavy atom. The van der Waals surface area contributed by atoms with E-state index < -0.39 is 0 Å². The summed E-state index contributed by atoms with van der Waals surface area (Å²) < 4.78 is 0. The van der Waals surface area contributed by atoms with Gasteiger partial charge in [-0.25, -0.2) is 0 Å². The van der Waals surface area contributed by atoms with Crippen molar-refractivity contribution in [3.63, 3.8) is 0 Å². The van der Waals surface area contributed by atoms with E-state index in [2.05, 4.69) is 6.08 Å². The highest BCUT2D eigenvalue weighted by Gasteiger charge is 2.30. The van der Waals surface area contributed by atoms with Gasteiger partial charge in [-0.3, -0.25) is 0 Å². The molecule has 1 aliphatic rings. The van der Waals surface area contributed by atoms with E-state index in [4.69, 9.17) is 11.6 Å². The highest BCUT2D eigenvalue weighted by molar-refractivity contribution is 6.31. The van der Waals surface area contributed by atoms with Crippen molar-refractivity contribution in [2.75, 3.05) is 6.61 Å². The van der Waals surface area contributed by atoms with Crippen molar-refractivity contribution in [1.82, 2.24) is 0 Å². The Morgan fingerprint density at radius 1 is 1.27 bits per heavy atom. The van der Waals surface area contributed by atoms with E-state index in [-0.39, 0.29) is 12.0 Å². The van der Waals surface area contributed by atoms with Crippen molar-refractivity contribution >= 4 is 11.6 Å². The van der Waals surface area contributed by atoms with E-state index in [0.29, 0.717) is 5.02 Å². The van der Waals surface area contributed by atoms with Crippen LogP contribution in [0.25, 0.3) is 0 Å². The van der Waals surface area contributed by atoms with Gasteiger partial charge in [-0.15, -0.1) is 0 Å². The summed E-state index contributed by atoms with van der Waals surface area (Å²) in [6.07, 6.45) is 8.82. The van der Waals surface area contributed by atoms with Crippen LogP contribution in [0.3, 0.4) is 0 Å². The molecule has 0 aliphatic heterocycles. The van der Waals surface area contributed by atoms with Gasteiger partial charge in [0.25, 0.3) is 0 Å². The molecule has 0 spiro atoms. The molecule has 2 heteroatoms. The predicted molar refractivity (Wildman–Crippen MR) is 63.1 cm³/mol. The van der Waals surface area contributed by atoms with Crippen LogP contribution in [0.2, 0.25) is 5.02 Å². The van der Waals surface area contributed by atoms with Crippen LogP contribution in [0.5, 0.6) is 0 Å². The van der Waals surface area contributed by atoms with Gasteiger partial charge in [-0.05, 0) is 18.1 Å². The van der Waals surface area contributed by atoms with Crippen LogP contribution < -0.4 is 0 Å². The maximum absolute atomic E-state index is 9.58. The number of hydrogen-bond acceptors (Lipinski definition) is 1. The smallest absolute Gasteiger partial charge is 0.0566 e. The molecule has 1 aromatic rings. The molecule has 1 nitrogen and oxygen atoms in total. The average molecular weight is 221 g/mol. The minimum atomic E-state index is -0.340. The van der Waals surface area contributed by atoms with Crippen LogP contribution in [0.15, 0.2) is 48.6 Å². The number of aliphatic hydroxyl groups is 1.